The molecule has 1 aromatic heterocycles. The van der Waals surface area contributed by atoms with E-state index in [1.54, 1.807) is 7.11 Å². The van der Waals surface area contributed by atoms with Gasteiger partial charge in [-0.15, -0.1) is 11.3 Å². The highest BCUT2D eigenvalue weighted by molar-refractivity contribution is 9.10. The number of halogens is 1. The van der Waals surface area contributed by atoms with Crippen molar-refractivity contribution in [2.75, 3.05) is 13.7 Å². The number of benzene rings is 1. The van der Waals surface area contributed by atoms with Gasteiger partial charge in [0.1, 0.15) is 5.75 Å². The molecule has 0 aliphatic carbocycles. The second-order valence-electron chi connectivity index (χ2n) is 4.73. The molecule has 1 atom stereocenters. The largest absolute Gasteiger partial charge is 0.496 e. The Morgan fingerprint density at radius 2 is 2.10 bits per heavy atom. The first kappa shape index (κ1) is 15.5. The highest BCUT2D eigenvalue weighted by Crippen LogP contribution is 2.33. The van der Waals surface area contributed by atoms with Crippen LogP contribution in [0.25, 0.3) is 0 Å². The van der Waals surface area contributed by atoms with Crippen LogP contribution in [-0.2, 0) is 0 Å². The van der Waals surface area contributed by atoms with Gasteiger partial charge in [0.05, 0.1) is 17.6 Å². The first-order chi connectivity index (χ1) is 9.65. The Bertz CT molecular complexity index is 567. The summed E-state index contributed by atoms with van der Waals surface area (Å²) in [7, 11) is 1.69. The monoisotopic (exact) mass is 353 g/mol. The zero-order chi connectivity index (χ0) is 14.5. The molecule has 0 aliphatic heterocycles. The summed E-state index contributed by atoms with van der Waals surface area (Å²) in [6.45, 7) is 5.34. The molecule has 0 fully saturated rings. The normalized spacial score (nSPS) is 12.4. The van der Waals surface area contributed by atoms with Crippen molar-refractivity contribution >= 4 is 27.3 Å². The van der Waals surface area contributed by atoms with Crippen LogP contribution >= 0.6 is 27.3 Å². The third-order valence-electron chi connectivity index (χ3n) is 3.15. The number of methoxy groups -OCH3 is 1. The molecule has 2 aromatic rings. The van der Waals surface area contributed by atoms with Crippen molar-refractivity contribution in [2.45, 2.75) is 26.3 Å². The van der Waals surface area contributed by atoms with Gasteiger partial charge < -0.3 is 10.1 Å². The van der Waals surface area contributed by atoms with Gasteiger partial charge in [-0.05, 0) is 65.6 Å². The van der Waals surface area contributed by atoms with Crippen molar-refractivity contribution in [3.8, 4) is 5.75 Å². The zero-order valence-corrected chi connectivity index (χ0v) is 14.5. The molecule has 0 spiro atoms. The lowest BCUT2D eigenvalue weighted by molar-refractivity contribution is 0.411. The maximum Gasteiger partial charge on any atom is 0.133 e. The van der Waals surface area contributed by atoms with Crippen LogP contribution < -0.4 is 10.1 Å². The Morgan fingerprint density at radius 1 is 1.30 bits per heavy atom. The number of hydrogen-bond acceptors (Lipinski definition) is 3. The van der Waals surface area contributed by atoms with Crippen LogP contribution in [0.2, 0.25) is 0 Å². The van der Waals surface area contributed by atoms with E-state index >= 15 is 0 Å². The molecule has 4 heteroatoms. The Labute approximate surface area is 133 Å². The average Bonchev–Trinajstić information content (AvgIpc) is 2.86. The van der Waals surface area contributed by atoms with Crippen LogP contribution in [0.15, 0.2) is 34.8 Å². The van der Waals surface area contributed by atoms with Gasteiger partial charge in [-0.2, -0.15) is 0 Å². The molecule has 20 heavy (non-hydrogen) atoms. The quantitative estimate of drug-likeness (QED) is 0.795. The minimum atomic E-state index is 0.246. The topological polar surface area (TPSA) is 21.3 Å². The standard InChI is InChI=1S/C16H20BrNOS/c1-4-9-18-16(15-8-5-11(2)20-15)12-6-7-14(19-3)13(17)10-12/h5-8,10,16,18H,4,9H2,1-3H3. The number of thiophene rings is 1. The molecule has 0 aliphatic rings. The summed E-state index contributed by atoms with van der Waals surface area (Å²) in [6.07, 6.45) is 1.12. The molecule has 0 bridgehead atoms. The number of aryl methyl sites for hydroxylation is 1. The van der Waals surface area contributed by atoms with Crippen LogP contribution in [0.1, 0.15) is 34.7 Å². The van der Waals surface area contributed by atoms with Gasteiger partial charge in [0.15, 0.2) is 0 Å². The Morgan fingerprint density at radius 3 is 2.65 bits per heavy atom. The Hall–Kier alpha value is -0.840. The summed E-state index contributed by atoms with van der Waals surface area (Å²) in [6, 6.07) is 10.9. The summed E-state index contributed by atoms with van der Waals surface area (Å²) in [5.41, 5.74) is 1.26. The predicted molar refractivity (Wildman–Crippen MR) is 89.9 cm³/mol. The number of hydrogen-bond donors (Lipinski definition) is 1. The highest BCUT2D eigenvalue weighted by atomic mass is 79.9. The minimum absolute atomic E-state index is 0.246. The number of rotatable bonds is 6. The molecular formula is C16H20BrNOS. The summed E-state index contributed by atoms with van der Waals surface area (Å²) in [5.74, 6) is 0.866. The van der Waals surface area contributed by atoms with E-state index in [9.17, 15) is 0 Å². The molecule has 0 saturated heterocycles. The Balaban J connectivity index is 2.33. The average molecular weight is 354 g/mol. The molecule has 1 unspecified atom stereocenters. The molecule has 0 saturated carbocycles. The fourth-order valence-electron chi connectivity index (χ4n) is 2.14. The van der Waals surface area contributed by atoms with Gasteiger partial charge in [-0.25, -0.2) is 0 Å². The van der Waals surface area contributed by atoms with E-state index in [0.717, 1.165) is 23.2 Å². The Kier molecular flexibility index (Phi) is 5.64. The van der Waals surface area contributed by atoms with Gasteiger partial charge in [0, 0.05) is 9.75 Å². The molecular weight excluding hydrogens is 334 g/mol. The van der Waals surface area contributed by atoms with Gasteiger partial charge in [0.25, 0.3) is 0 Å². The first-order valence-corrected chi connectivity index (χ1v) is 8.39. The molecule has 108 valence electrons. The van der Waals surface area contributed by atoms with Crippen molar-refractivity contribution in [3.05, 3.63) is 50.1 Å². The fraction of sp³-hybridized carbons (Fsp3) is 0.375. The van der Waals surface area contributed by atoms with Gasteiger partial charge in [-0.3, -0.25) is 0 Å². The van der Waals surface area contributed by atoms with E-state index in [1.165, 1.54) is 15.3 Å². The van der Waals surface area contributed by atoms with E-state index < -0.39 is 0 Å². The first-order valence-electron chi connectivity index (χ1n) is 6.79. The lowest BCUT2D eigenvalue weighted by atomic mass is 10.0. The van der Waals surface area contributed by atoms with E-state index in [4.69, 9.17) is 4.74 Å². The van der Waals surface area contributed by atoms with Gasteiger partial charge in [0.2, 0.25) is 0 Å². The lowest BCUT2D eigenvalue weighted by Crippen LogP contribution is -2.22. The second kappa shape index (κ2) is 7.25. The van der Waals surface area contributed by atoms with E-state index in [2.05, 4.69) is 59.4 Å². The molecule has 0 radical (unpaired) electrons. The summed E-state index contributed by atoms with van der Waals surface area (Å²) in [5, 5.41) is 3.63. The molecule has 1 heterocycles. The van der Waals surface area contributed by atoms with Crippen LogP contribution in [0, 0.1) is 6.92 Å². The van der Waals surface area contributed by atoms with Crippen molar-refractivity contribution < 1.29 is 4.74 Å². The summed E-state index contributed by atoms with van der Waals surface area (Å²) < 4.78 is 6.30. The van der Waals surface area contributed by atoms with E-state index in [-0.39, 0.29) is 6.04 Å². The smallest absolute Gasteiger partial charge is 0.133 e. The molecule has 1 N–H and O–H groups in total. The molecule has 0 amide bonds. The van der Waals surface area contributed by atoms with Crippen molar-refractivity contribution in [2.24, 2.45) is 0 Å². The van der Waals surface area contributed by atoms with Gasteiger partial charge >= 0.3 is 0 Å². The molecule has 2 rings (SSSR count). The highest BCUT2D eigenvalue weighted by Gasteiger charge is 2.16. The zero-order valence-electron chi connectivity index (χ0n) is 12.1. The summed E-state index contributed by atoms with van der Waals surface area (Å²) in [4.78, 5) is 2.70. The number of ether oxygens (including phenoxy) is 1. The fourth-order valence-corrected chi connectivity index (χ4v) is 3.68. The van der Waals surface area contributed by atoms with Crippen LogP contribution in [0.3, 0.4) is 0 Å². The van der Waals surface area contributed by atoms with Crippen LogP contribution in [0.4, 0.5) is 0 Å². The van der Waals surface area contributed by atoms with Gasteiger partial charge in [-0.1, -0.05) is 13.0 Å². The van der Waals surface area contributed by atoms with Crippen molar-refractivity contribution in [1.82, 2.24) is 5.32 Å². The SMILES string of the molecule is CCCNC(c1ccc(OC)c(Br)c1)c1ccc(C)s1. The second-order valence-corrected chi connectivity index (χ2v) is 6.90. The third-order valence-corrected chi connectivity index (χ3v) is 4.84. The summed E-state index contributed by atoms with van der Waals surface area (Å²) >= 11 is 5.42. The molecule has 1 aromatic carbocycles. The van der Waals surface area contributed by atoms with Crippen molar-refractivity contribution in [3.63, 3.8) is 0 Å². The predicted octanol–water partition coefficient (Wildman–Crippen LogP) is 4.92. The van der Waals surface area contributed by atoms with Crippen LogP contribution in [-0.4, -0.2) is 13.7 Å². The minimum Gasteiger partial charge on any atom is -0.496 e. The van der Waals surface area contributed by atoms with Crippen LogP contribution in [0.5, 0.6) is 5.75 Å². The van der Waals surface area contributed by atoms with Crippen molar-refractivity contribution in [1.29, 1.82) is 0 Å². The number of nitrogens with one attached hydrogen (secondary N) is 1. The maximum atomic E-state index is 5.31. The lowest BCUT2D eigenvalue weighted by Gasteiger charge is -2.18. The van der Waals surface area contributed by atoms with E-state index in [0.29, 0.717) is 0 Å². The van der Waals surface area contributed by atoms with E-state index in [1.807, 2.05) is 17.4 Å². The maximum absolute atomic E-state index is 5.31. The molecule has 2 nitrogen and oxygen atoms in total. The third kappa shape index (κ3) is 3.62.